The topological polar surface area (TPSA) is 75.3 Å². The zero-order chi connectivity index (χ0) is 22.4. The largest absolute Gasteiger partial charge is 0.493 e. The molecule has 1 amide bonds. The molecule has 1 atom stereocenters. The fraction of sp³-hybridized carbons (Fsp3) is 0.458. The van der Waals surface area contributed by atoms with Crippen LogP contribution in [0.5, 0.6) is 28.7 Å². The molecule has 2 aromatic carbocycles. The van der Waals surface area contributed by atoms with Crippen LogP contribution in [-0.4, -0.2) is 40.5 Å². The zero-order valence-electron chi connectivity index (χ0n) is 18.8. The van der Waals surface area contributed by atoms with Gasteiger partial charge in [0.2, 0.25) is 11.7 Å². The fourth-order valence-electron chi connectivity index (χ4n) is 3.66. The number of methoxy groups -OCH3 is 3. The van der Waals surface area contributed by atoms with Crippen LogP contribution in [0.3, 0.4) is 0 Å². The van der Waals surface area contributed by atoms with Gasteiger partial charge in [-0.3, -0.25) is 4.79 Å². The highest BCUT2D eigenvalue weighted by Gasteiger charge is 2.22. The number of hydrogen-bond acceptors (Lipinski definition) is 6. The van der Waals surface area contributed by atoms with Crippen LogP contribution < -0.4 is 29.0 Å². The van der Waals surface area contributed by atoms with Gasteiger partial charge in [-0.05, 0) is 41.3 Å². The van der Waals surface area contributed by atoms with Gasteiger partial charge < -0.3 is 29.0 Å². The normalized spacial score (nSPS) is 13.9. The molecule has 1 aliphatic heterocycles. The first kappa shape index (κ1) is 22.6. The summed E-state index contributed by atoms with van der Waals surface area (Å²) >= 11 is 0. The average Bonchev–Trinajstić information content (AvgIpc) is 3.01. The number of nitrogens with one attached hydrogen (secondary N) is 1. The minimum absolute atomic E-state index is 0.0971. The SMILES string of the molecule is COc1cc(CC(=O)N[C@@H](c2ccc3c(c2)OCCCO3)C(C)C)cc(OC)c1OC. The smallest absolute Gasteiger partial charge is 0.224 e. The highest BCUT2D eigenvalue weighted by atomic mass is 16.5. The van der Waals surface area contributed by atoms with Crippen molar-refractivity contribution in [3.05, 3.63) is 41.5 Å². The molecule has 0 saturated heterocycles. The summed E-state index contributed by atoms with van der Waals surface area (Å²) in [5, 5.41) is 3.16. The lowest BCUT2D eigenvalue weighted by molar-refractivity contribution is -0.121. The molecule has 0 unspecified atom stereocenters. The van der Waals surface area contributed by atoms with E-state index in [1.165, 1.54) is 0 Å². The molecule has 7 heteroatoms. The molecule has 0 saturated carbocycles. The third-order valence-electron chi connectivity index (χ3n) is 5.20. The van der Waals surface area contributed by atoms with E-state index in [9.17, 15) is 4.79 Å². The molecule has 1 N–H and O–H groups in total. The number of amides is 1. The number of carbonyl (C=O) groups is 1. The number of hydrogen-bond donors (Lipinski definition) is 1. The molecule has 0 aliphatic carbocycles. The molecule has 0 fully saturated rings. The first-order chi connectivity index (χ1) is 15.0. The molecule has 168 valence electrons. The van der Waals surface area contributed by atoms with Crippen molar-refractivity contribution in [2.24, 2.45) is 5.92 Å². The predicted octanol–water partition coefficient (Wildman–Crippen LogP) is 3.93. The predicted molar refractivity (Wildman–Crippen MR) is 118 cm³/mol. The van der Waals surface area contributed by atoms with Crippen molar-refractivity contribution < 1.29 is 28.5 Å². The van der Waals surface area contributed by atoms with Crippen LogP contribution in [0, 0.1) is 5.92 Å². The molecule has 2 aromatic rings. The maximum atomic E-state index is 12.9. The van der Waals surface area contributed by atoms with E-state index in [-0.39, 0.29) is 24.3 Å². The maximum absolute atomic E-state index is 12.9. The van der Waals surface area contributed by atoms with Gasteiger partial charge in [0, 0.05) is 6.42 Å². The van der Waals surface area contributed by atoms with Crippen LogP contribution in [0.4, 0.5) is 0 Å². The van der Waals surface area contributed by atoms with Gasteiger partial charge in [-0.1, -0.05) is 19.9 Å². The standard InChI is InChI=1S/C24H31NO6/c1-15(2)23(17-7-8-18-19(14-17)31-10-6-9-30-18)25-22(26)13-16-11-20(27-3)24(29-5)21(12-16)28-4/h7-8,11-12,14-15,23H,6,9-10,13H2,1-5H3,(H,25,26)/t23-/m1/s1. The van der Waals surface area contributed by atoms with Crippen LogP contribution in [-0.2, 0) is 11.2 Å². The van der Waals surface area contributed by atoms with Crippen LogP contribution in [0.1, 0.15) is 37.4 Å². The van der Waals surface area contributed by atoms with E-state index in [2.05, 4.69) is 19.2 Å². The summed E-state index contributed by atoms with van der Waals surface area (Å²) in [7, 11) is 4.66. The molecule has 0 aromatic heterocycles. The monoisotopic (exact) mass is 429 g/mol. The van der Waals surface area contributed by atoms with Crippen molar-refractivity contribution in [2.75, 3.05) is 34.5 Å². The van der Waals surface area contributed by atoms with E-state index >= 15 is 0 Å². The Labute approximate surface area is 183 Å². The van der Waals surface area contributed by atoms with E-state index in [1.807, 2.05) is 18.2 Å². The molecule has 31 heavy (non-hydrogen) atoms. The van der Waals surface area contributed by atoms with Crippen molar-refractivity contribution in [3.63, 3.8) is 0 Å². The van der Waals surface area contributed by atoms with E-state index < -0.39 is 0 Å². The lowest BCUT2D eigenvalue weighted by atomic mass is 9.95. The van der Waals surface area contributed by atoms with Gasteiger partial charge in [0.25, 0.3) is 0 Å². The quantitative estimate of drug-likeness (QED) is 0.685. The van der Waals surface area contributed by atoms with Gasteiger partial charge in [-0.15, -0.1) is 0 Å². The lowest BCUT2D eigenvalue weighted by Crippen LogP contribution is -2.32. The van der Waals surface area contributed by atoms with Crippen molar-refractivity contribution in [1.82, 2.24) is 5.32 Å². The number of ether oxygens (including phenoxy) is 5. The van der Waals surface area contributed by atoms with Gasteiger partial charge >= 0.3 is 0 Å². The minimum atomic E-state index is -0.160. The van der Waals surface area contributed by atoms with Crippen LogP contribution in [0.2, 0.25) is 0 Å². The summed E-state index contributed by atoms with van der Waals surface area (Å²) in [5.74, 6) is 3.10. The fourth-order valence-corrected chi connectivity index (χ4v) is 3.66. The van der Waals surface area contributed by atoms with Gasteiger partial charge in [-0.2, -0.15) is 0 Å². The van der Waals surface area contributed by atoms with Gasteiger partial charge in [0.15, 0.2) is 23.0 Å². The van der Waals surface area contributed by atoms with Crippen molar-refractivity contribution in [3.8, 4) is 28.7 Å². The summed E-state index contributed by atoms with van der Waals surface area (Å²) in [6, 6.07) is 9.28. The second-order valence-electron chi connectivity index (χ2n) is 7.76. The summed E-state index contributed by atoms with van der Waals surface area (Å²) in [6.07, 6.45) is 1.04. The number of carbonyl (C=O) groups excluding carboxylic acids is 1. The number of rotatable bonds is 8. The number of benzene rings is 2. The summed E-state index contributed by atoms with van der Waals surface area (Å²) in [6.45, 7) is 5.42. The van der Waals surface area contributed by atoms with E-state index in [1.54, 1.807) is 33.5 Å². The van der Waals surface area contributed by atoms with Gasteiger partial charge in [-0.25, -0.2) is 0 Å². The molecule has 0 radical (unpaired) electrons. The Hall–Kier alpha value is -3.09. The lowest BCUT2D eigenvalue weighted by Gasteiger charge is -2.24. The zero-order valence-corrected chi connectivity index (χ0v) is 18.8. The summed E-state index contributed by atoms with van der Waals surface area (Å²) < 4.78 is 27.7. The van der Waals surface area contributed by atoms with Crippen molar-refractivity contribution in [1.29, 1.82) is 0 Å². The van der Waals surface area contributed by atoms with E-state index in [4.69, 9.17) is 23.7 Å². The maximum Gasteiger partial charge on any atom is 0.224 e. The minimum Gasteiger partial charge on any atom is -0.493 e. The Morgan fingerprint density at radius 1 is 0.968 bits per heavy atom. The number of fused-ring (bicyclic) bond motifs is 1. The van der Waals surface area contributed by atoms with Crippen LogP contribution >= 0.6 is 0 Å². The Morgan fingerprint density at radius 2 is 1.61 bits per heavy atom. The van der Waals surface area contributed by atoms with E-state index in [0.717, 1.165) is 29.0 Å². The molecule has 1 aliphatic rings. The summed E-state index contributed by atoms with van der Waals surface area (Å²) in [4.78, 5) is 12.9. The highest BCUT2D eigenvalue weighted by molar-refractivity contribution is 5.79. The Kier molecular flexibility index (Phi) is 7.50. The average molecular weight is 430 g/mol. The third kappa shape index (κ3) is 5.34. The highest BCUT2D eigenvalue weighted by Crippen LogP contribution is 2.38. The first-order valence-electron chi connectivity index (χ1n) is 10.4. The summed E-state index contributed by atoms with van der Waals surface area (Å²) in [5.41, 5.74) is 1.76. The van der Waals surface area contributed by atoms with Crippen LogP contribution in [0.15, 0.2) is 30.3 Å². The molecule has 7 nitrogen and oxygen atoms in total. The Morgan fingerprint density at radius 3 is 2.19 bits per heavy atom. The van der Waals surface area contributed by atoms with Crippen LogP contribution in [0.25, 0.3) is 0 Å². The second-order valence-corrected chi connectivity index (χ2v) is 7.76. The molecular formula is C24H31NO6. The van der Waals surface area contributed by atoms with Gasteiger partial charge in [0.1, 0.15) is 0 Å². The van der Waals surface area contributed by atoms with E-state index in [0.29, 0.717) is 30.5 Å². The van der Waals surface area contributed by atoms with Crippen molar-refractivity contribution >= 4 is 5.91 Å². The Balaban J connectivity index is 1.78. The third-order valence-corrected chi connectivity index (χ3v) is 5.20. The molecule has 3 rings (SSSR count). The Bertz CT molecular complexity index is 886. The molecular weight excluding hydrogens is 398 g/mol. The van der Waals surface area contributed by atoms with Crippen molar-refractivity contribution in [2.45, 2.75) is 32.7 Å². The molecule has 1 heterocycles. The second kappa shape index (κ2) is 10.3. The first-order valence-corrected chi connectivity index (χ1v) is 10.4. The molecule has 0 bridgehead atoms. The van der Waals surface area contributed by atoms with Gasteiger partial charge in [0.05, 0.1) is 47.0 Å². The molecule has 0 spiro atoms.